The predicted molar refractivity (Wildman–Crippen MR) is 87.6 cm³/mol. The molecule has 116 valence electrons. The van der Waals surface area contributed by atoms with Crippen molar-refractivity contribution >= 4 is 10.8 Å². The van der Waals surface area contributed by atoms with E-state index >= 15 is 0 Å². The van der Waals surface area contributed by atoms with E-state index in [-0.39, 0.29) is 6.29 Å². The first kappa shape index (κ1) is 14.2. The van der Waals surface area contributed by atoms with Crippen molar-refractivity contribution in [1.82, 2.24) is 4.90 Å². The van der Waals surface area contributed by atoms with Crippen LogP contribution in [-0.4, -0.2) is 37.5 Å². The molecule has 0 N–H and O–H groups in total. The zero-order chi connectivity index (χ0) is 14.8. The standard InChI is InChI=1S/C19H23NO2/c1-2-9-18-15(5-1)6-3-7-16(18)13-20-10-4-8-17(14-20)19-21-11-12-22-19/h1-3,5-7,9,17,19H,4,8,10-14H2. The van der Waals surface area contributed by atoms with Crippen molar-refractivity contribution in [2.45, 2.75) is 25.7 Å². The maximum Gasteiger partial charge on any atom is 0.161 e. The molecular formula is C19H23NO2. The molecule has 0 spiro atoms. The van der Waals surface area contributed by atoms with Gasteiger partial charge in [0.2, 0.25) is 0 Å². The van der Waals surface area contributed by atoms with Gasteiger partial charge in [-0.05, 0) is 35.7 Å². The van der Waals surface area contributed by atoms with Gasteiger partial charge in [0.25, 0.3) is 0 Å². The molecule has 3 heteroatoms. The smallest absolute Gasteiger partial charge is 0.161 e. The Kier molecular flexibility index (Phi) is 4.11. The van der Waals surface area contributed by atoms with Gasteiger partial charge in [0.1, 0.15) is 0 Å². The fourth-order valence-corrected chi connectivity index (χ4v) is 3.78. The van der Waals surface area contributed by atoms with Crippen LogP contribution in [0.2, 0.25) is 0 Å². The summed E-state index contributed by atoms with van der Waals surface area (Å²) in [4.78, 5) is 2.56. The summed E-state index contributed by atoms with van der Waals surface area (Å²) in [5, 5.41) is 2.71. The molecular weight excluding hydrogens is 274 g/mol. The monoisotopic (exact) mass is 297 g/mol. The third kappa shape index (κ3) is 2.89. The van der Waals surface area contributed by atoms with Crippen molar-refractivity contribution in [2.24, 2.45) is 5.92 Å². The predicted octanol–water partition coefficient (Wildman–Crippen LogP) is 3.42. The van der Waals surface area contributed by atoms with Crippen LogP contribution in [0, 0.1) is 5.92 Å². The van der Waals surface area contributed by atoms with Crippen LogP contribution in [0.25, 0.3) is 10.8 Å². The van der Waals surface area contributed by atoms with Crippen molar-refractivity contribution in [3.63, 3.8) is 0 Å². The lowest BCUT2D eigenvalue weighted by Crippen LogP contribution is -2.40. The molecule has 2 fully saturated rings. The average molecular weight is 297 g/mol. The topological polar surface area (TPSA) is 21.7 Å². The molecule has 2 saturated heterocycles. The first-order chi connectivity index (χ1) is 10.9. The Morgan fingerprint density at radius 1 is 1.00 bits per heavy atom. The molecule has 0 aliphatic carbocycles. The molecule has 2 aromatic carbocycles. The van der Waals surface area contributed by atoms with Gasteiger partial charge in [0, 0.05) is 19.0 Å². The molecule has 4 rings (SSSR count). The number of rotatable bonds is 3. The van der Waals surface area contributed by atoms with Crippen LogP contribution < -0.4 is 0 Å². The third-order valence-electron chi connectivity index (χ3n) is 4.85. The third-order valence-corrected chi connectivity index (χ3v) is 4.85. The fraction of sp³-hybridized carbons (Fsp3) is 0.474. The van der Waals surface area contributed by atoms with Crippen LogP contribution >= 0.6 is 0 Å². The first-order valence-electron chi connectivity index (χ1n) is 8.32. The van der Waals surface area contributed by atoms with Crippen molar-refractivity contribution in [1.29, 1.82) is 0 Å². The van der Waals surface area contributed by atoms with E-state index in [0.717, 1.165) is 26.3 Å². The maximum atomic E-state index is 5.71. The summed E-state index contributed by atoms with van der Waals surface area (Å²) in [6.07, 6.45) is 2.48. The van der Waals surface area contributed by atoms with Gasteiger partial charge in [-0.15, -0.1) is 0 Å². The lowest BCUT2D eigenvalue weighted by atomic mass is 9.96. The Bertz CT molecular complexity index is 631. The normalized spacial score (nSPS) is 24.1. The van der Waals surface area contributed by atoms with E-state index in [0.29, 0.717) is 5.92 Å². The minimum absolute atomic E-state index is 0.0234. The van der Waals surface area contributed by atoms with Gasteiger partial charge in [0.15, 0.2) is 6.29 Å². The Balaban J connectivity index is 1.49. The molecule has 2 aliphatic heterocycles. The highest BCUT2D eigenvalue weighted by molar-refractivity contribution is 5.85. The summed E-state index contributed by atoms with van der Waals surface area (Å²) in [6, 6.07) is 15.3. The zero-order valence-corrected chi connectivity index (χ0v) is 12.9. The van der Waals surface area contributed by atoms with Crippen LogP contribution in [-0.2, 0) is 16.0 Å². The summed E-state index contributed by atoms with van der Waals surface area (Å²) in [7, 11) is 0. The van der Waals surface area contributed by atoms with Gasteiger partial charge in [-0.1, -0.05) is 42.5 Å². The van der Waals surface area contributed by atoms with E-state index in [2.05, 4.69) is 47.4 Å². The highest BCUT2D eigenvalue weighted by Gasteiger charge is 2.31. The minimum Gasteiger partial charge on any atom is -0.350 e. The van der Waals surface area contributed by atoms with E-state index in [9.17, 15) is 0 Å². The molecule has 2 aromatic rings. The van der Waals surface area contributed by atoms with E-state index in [1.807, 2.05) is 0 Å². The number of piperidine rings is 1. The van der Waals surface area contributed by atoms with Crippen LogP contribution in [0.4, 0.5) is 0 Å². The molecule has 1 unspecified atom stereocenters. The maximum absolute atomic E-state index is 5.71. The number of ether oxygens (including phenoxy) is 2. The molecule has 3 nitrogen and oxygen atoms in total. The lowest BCUT2D eigenvalue weighted by molar-refractivity contribution is -0.101. The second kappa shape index (κ2) is 6.37. The molecule has 0 bridgehead atoms. The Hall–Kier alpha value is -1.42. The van der Waals surface area contributed by atoms with Crippen LogP contribution in [0.1, 0.15) is 18.4 Å². The number of benzene rings is 2. The molecule has 0 amide bonds. The average Bonchev–Trinajstić information content (AvgIpc) is 3.10. The summed E-state index contributed by atoms with van der Waals surface area (Å²) in [5.41, 5.74) is 1.42. The van der Waals surface area contributed by atoms with Crippen LogP contribution in [0.3, 0.4) is 0 Å². The zero-order valence-electron chi connectivity index (χ0n) is 12.9. The highest BCUT2D eigenvalue weighted by Crippen LogP contribution is 2.27. The highest BCUT2D eigenvalue weighted by atomic mass is 16.7. The van der Waals surface area contributed by atoms with Crippen molar-refractivity contribution in [2.75, 3.05) is 26.3 Å². The summed E-state index contributed by atoms with van der Waals surface area (Å²) in [5.74, 6) is 0.520. The Morgan fingerprint density at radius 3 is 2.73 bits per heavy atom. The lowest BCUT2D eigenvalue weighted by Gasteiger charge is -2.34. The van der Waals surface area contributed by atoms with Crippen molar-refractivity contribution in [3.8, 4) is 0 Å². The van der Waals surface area contributed by atoms with Crippen molar-refractivity contribution < 1.29 is 9.47 Å². The number of fused-ring (bicyclic) bond motifs is 1. The van der Waals surface area contributed by atoms with Gasteiger partial charge in [-0.2, -0.15) is 0 Å². The van der Waals surface area contributed by atoms with Gasteiger partial charge >= 0.3 is 0 Å². The second-order valence-electron chi connectivity index (χ2n) is 6.39. The molecule has 2 heterocycles. The fourth-order valence-electron chi connectivity index (χ4n) is 3.78. The van der Waals surface area contributed by atoms with Gasteiger partial charge < -0.3 is 9.47 Å². The summed E-state index contributed by atoms with van der Waals surface area (Å²) in [6.45, 7) is 4.78. The molecule has 2 aliphatic rings. The van der Waals surface area contributed by atoms with E-state index in [1.165, 1.54) is 35.7 Å². The quantitative estimate of drug-likeness (QED) is 0.866. The summed E-state index contributed by atoms with van der Waals surface area (Å²) >= 11 is 0. The number of nitrogens with zero attached hydrogens (tertiary/aromatic N) is 1. The SMILES string of the molecule is c1ccc2c(CN3CCCC(C4OCCO4)C3)cccc2c1. The van der Waals surface area contributed by atoms with Gasteiger partial charge in [0.05, 0.1) is 13.2 Å². The molecule has 22 heavy (non-hydrogen) atoms. The number of hydrogen-bond acceptors (Lipinski definition) is 3. The van der Waals surface area contributed by atoms with E-state index in [4.69, 9.17) is 9.47 Å². The first-order valence-corrected chi connectivity index (χ1v) is 8.32. The largest absolute Gasteiger partial charge is 0.350 e. The molecule has 0 saturated carbocycles. The van der Waals surface area contributed by atoms with Gasteiger partial charge in [-0.3, -0.25) is 4.90 Å². The van der Waals surface area contributed by atoms with Gasteiger partial charge in [-0.25, -0.2) is 0 Å². The molecule has 1 atom stereocenters. The second-order valence-corrected chi connectivity index (χ2v) is 6.39. The van der Waals surface area contributed by atoms with Crippen molar-refractivity contribution in [3.05, 3.63) is 48.0 Å². The Morgan fingerprint density at radius 2 is 1.82 bits per heavy atom. The van der Waals surface area contributed by atoms with Crippen LogP contribution in [0.15, 0.2) is 42.5 Å². The number of likely N-dealkylation sites (tertiary alicyclic amines) is 1. The van der Waals surface area contributed by atoms with Crippen LogP contribution in [0.5, 0.6) is 0 Å². The van der Waals surface area contributed by atoms with E-state index in [1.54, 1.807) is 0 Å². The molecule has 0 radical (unpaired) electrons. The number of hydrogen-bond donors (Lipinski definition) is 0. The molecule has 0 aromatic heterocycles. The minimum atomic E-state index is 0.0234. The Labute approximate surface area is 131 Å². The summed E-state index contributed by atoms with van der Waals surface area (Å²) < 4.78 is 11.4. The van der Waals surface area contributed by atoms with E-state index < -0.39 is 0 Å².